The van der Waals surface area contributed by atoms with Crippen LogP contribution in [0.3, 0.4) is 0 Å². The van der Waals surface area contributed by atoms with Gasteiger partial charge in [0.05, 0.1) is 51.6 Å². The number of alkyl carbamates (subject to hydrolysis) is 1. The normalized spacial score (nSPS) is 19.2. The minimum Gasteiger partial charge on any atom is -0.543 e. The Hall–Kier alpha value is -7.48. The van der Waals surface area contributed by atoms with E-state index in [-0.39, 0.29) is 110 Å². The molecule has 0 aromatic heterocycles. The maximum absolute atomic E-state index is 13.8. The van der Waals surface area contributed by atoms with E-state index in [0.717, 1.165) is 26.4 Å². The zero-order valence-electron chi connectivity index (χ0n) is 54.6. The third-order valence-corrected chi connectivity index (χ3v) is 20.6. The number of benzene rings is 4. The maximum atomic E-state index is 13.8. The van der Waals surface area contributed by atoms with Gasteiger partial charge >= 0.3 is 46.1 Å². The van der Waals surface area contributed by atoms with Crippen LogP contribution < -0.4 is 14.4 Å². The Labute approximate surface area is 593 Å². The van der Waals surface area contributed by atoms with Gasteiger partial charge in [0.2, 0.25) is 0 Å². The SMILES string of the molecule is COP(=O)(OCC1CCCN1C(=O)OCCS(=O)(=O)c1ccccc1)Oc1ccc(COC(=O)ON2C(=O)CCC2=O)cc1.COP(=O)(Oc1ccc(COC(=O)ON2C(=O)CCC2=O)cc1)OC1[C@H](NC(=O)OC(C)CS(=O)(=O)c2ccc(C)cc2)[CH-]O[C@@H]1COC(=O)C(C)(C)C.[U]. The molecule has 0 aliphatic carbocycles. The number of sulfone groups is 2. The molecule has 38 heteroatoms. The first kappa shape index (κ1) is 80.5. The van der Waals surface area contributed by atoms with E-state index >= 15 is 0 Å². The minimum atomic E-state index is -4.52. The van der Waals surface area contributed by atoms with E-state index in [2.05, 4.69) is 15.0 Å². The van der Waals surface area contributed by atoms with E-state index in [1.165, 1.54) is 84.6 Å². The van der Waals surface area contributed by atoms with Gasteiger partial charge in [0.1, 0.15) is 44.0 Å². The van der Waals surface area contributed by atoms with Gasteiger partial charge in [0.25, 0.3) is 23.6 Å². The van der Waals surface area contributed by atoms with Gasteiger partial charge in [-0.3, -0.25) is 51.7 Å². The third-order valence-electron chi connectivity index (χ3n) is 14.3. The second-order valence-electron chi connectivity index (χ2n) is 22.9. The summed E-state index contributed by atoms with van der Waals surface area (Å²) < 4.78 is 141. The number of phosphoric ester groups is 2. The molecule has 4 aromatic carbocycles. The van der Waals surface area contributed by atoms with E-state index in [4.69, 9.17) is 55.6 Å². The first-order chi connectivity index (χ1) is 46.3. The predicted octanol–water partition coefficient (Wildman–Crippen LogP) is 7.97. The number of rotatable bonds is 28. The first-order valence-electron chi connectivity index (χ1n) is 30.0. The molecule has 538 valence electrons. The fourth-order valence-corrected chi connectivity index (χ4v) is 13.7. The molecule has 0 spiro atoms. The average molecular weight is 1690 g/mol. The number of hydrogen-bond acceptors (Lipinski definition) is 29. The first-order valence-corrected chi connectivity index (χ1v) is 36.3. The molecule has 7 atom stereocenters. The van der Waals surface area contributed by atoms with E-state index in [1.54, 1.807) is 51.1 Å². The summed E-state index contributed by atoms with van der Waals surface area (Å²) in [5.74, 6) is -3.98. The summed E-state index contributed by atoms with van der Waals surface area (Å²) in [5, 5.41) is 3.20. The van der Waals surface area contributed by atoms with Crippen molar-refractivity contribution < 1.29 is 165 Å². The number of esters is 1. The average Bonchev–Trinajstić information content (AvgIpc) is 1.75. The van der Waals surface area contributed by atoms with Gasteiger partial charge in [0, 0.05) is 77.6 Å². The van der Waals surface area contributed by atoms with Crippen LogP contribution in [-0.2, 0) is 122 Å². The molecule has 4 heterocycles. The Kier molecular flexibility index (Phi) is 29.5. The van der Waals surface area contributed by atoms with Crippen molar-refractivity contribution in [2.24, 2.45) is 5.41 Å². The molecule has 4 aliphatic heterocycles. The predicted molar refractivity (Wildman–Crippen MR) is 334 cm³/mol. The van der Waals surface area contributed by atoms with Crippen molar-refractivity contribution in [1.29, 1.82) is 0 Å². The van der Waals surface area contributed by atoms with Crippen LogP contribution in [0.5, 0.6) is 11.5 Å². The second-order valence-corrected chi connectivity index (χ2v) is 30.4. The number of nitrogens with zero attached hydrogens (tertiary/aromatic N) is 3. The Bertz CT molecular complexity index is 3820. The van der Waals surface area contributed by atoms with Crippen LogP contribution in [0.4, 0.5) is 19.2 Å². The molecule has 8 rings (SSSR count). The molecule has 0 saturated carbocycles. The molecular formula is C61H73N4O29P2S2U-. The Balaban J connectivity index is 0.000000315. The number of likely N-dealkylation sites (tertiary alicyclic amines) is 1. The van der Waals surface area contributed by atoms with Crippen molar-refractivity contribution in [3.05, 3.63) is 126 Å². The number of aryl methyl sites for hydroxylation is 1. The van der Waals surface area contributed by atoms with Gasteiger partial charge in [-0.05, 0) is 113 Å². The number of carbonyl (C=O) groups is 9. The fraction of sp³-hybridized carbons (Fsp3) is 0.443. The topological polar surface area (TPSA) is 407 Å². The van der Waals surface area contributed by atoms with Crippen LogP contribution in [0.15, 0.2) is 113 Å². The maximum Gasteiger partial charge on any atom is 0.534 e. The van der Waals surface area contributed by atoms with E-state index in [1.807, 2.05) is 6.92 Å². The van der Waals surface area contributed by atoms with Crippen molar-refractivity contribution in [3.63, 3.8) is 0 Å². The Morgan fingerprint density at radius 2 is 1.17 bits per heavy atom. The van der Waals surface area contributed by atoms with Gasteiger partial charge in [-0.2, -0.15) is 6.61 Å². The summed E-state index contributed by atoms with van der Waals surface area (Å²) in [6.45, 7) is 8.13. The number of hydroxylamine groups is 4. The van der Waals surface area contributed by atoms with Crippen LogP contribution in [0, 0.1) is 50.1 Å². The molecule has 4 aliphatic rings. The summed E-state index contributed by atoms with van der Waals surface area (Å²) in [5.41, 5.74) is 0.898. The molecule has 4 aromatic rings. The Morgan fingerprint density at radius 1 is 0.667 bits per heavy atom. The minimum absolute atomic E-state index is 0. The quantitative estimate of drug-likeness (QED) is 0.0185. The molecule has 33 nitrogen and oxygen atoms in total. The van der Waals surface area contributed by atoms with E-state index in [0.29, 0.717) is 40.6 Å². The van der Waals surface area contributed by atoms with Crippen molar-refractivity contribution in [2.45, 2.75) is 127 Å². The molecule has 99 heavy (non-hydrogen) atoms. The van der Waals surface area contributed by atoms with Gasteiger partial charge in [-0.15, -0.1) is 0 Å². The number of hydrogen-bond donors (Lipinski definition) is 1. The molecule has 0 radical (unpaired) electrons. The Morgan fingerprint density at radius 3 is 1.68 bits per heavy atom. The summed E-state index contributed by atoms with van der Waals surface area (Å²) in [6, 6.07) is 23.8. The zero-order chi connectivity index (χ0) is 71.6. The van der Waals surface area contributed by atoms with Crippen LogP contribution in [0.1, 0.15) is 82.9 Å². The van der Waals surface area contributed by atoms with Gasteiger partial charge < -0.3 is 47.7 Å². The number of carbonyl (C=O) groups excluding carboxylic acids is 9. The summed E-state index contributed by atoms with van der Waals surface area (Å²) in [7, 11) is -13.9. The van der Waals surface area contributed by atoms with Crippen molar-refractivity contribution in [1.82, 2.24) is 20.3 Å². The standard InChI is InChI=1S/C34H42N2O16PS.C27H31N2O13PS.U/c1-21-7-13-25(14-8-21)54(43,44)20-22(2)49-32(40)35-26-18-46-27(19-47-31(39)34(3,4)5)30(26)52-53(42,45-6)51-24-11-9-23(10-12-24)17-48-33(41)50-36-28(37)15-16-29(36)38;1-37-43(34,42-22-11-9-20(10-12-22)18-39-27(33)41-29-24(30)13-14-25(29)31)40-19-21-6-5-15-28(21)26(32)38-16-17-44(35,36)23-7-3-2-4-8-23;/h7-14,18,22,26-27,30H,15-17,19-20H2,1-6H3,(H,35,40);2-4,7-12,21H,5-6,13-19H2,1H3;/q-1;;/t22?,26-,27-,30?,53?;;/m1../s1. The van der Waals surface area contributed by atoms with E-state index < -0.39 is 138 Å². The van der Waals surface area contributed by atoms with Crippen molar-refractivity contribution >= 4 is 89.4 Å². The number of amides is 6. The summed E-state index contributed by atoms with van der Waals surface area (Å²) >= 11 is 0. The molecule has 6 amide bonds. The third kappa shape index (κ3) is 24.1. The molecule has 4 saturated heterocycles. The second kappa shape index (κ2) is 36.2. The van der Waals surface area contributed by atoms with E-state index in [9.17, 15) is 69.1 Å². The number of nitrogens with one attached hydrogen (secondary N) is 1. The smallest absolute Gasteiger partial charge is 0.534 e. The largest absolute Gasteiger partial charge is 0.543 e. The monoisotopic (exact) mass is 1690 g/mol. The van der Waals surface area contributed by atoms with Crippen LogP contribution in [0.2, 0.25) is 0 Å². The van der Waals surface area contributed by atoms with Crippen molar-refractivity contribution in [3.8, 4) is 11.5 Å². The van der Waals surface area contributed by atoms with Crippen LogP contribution in [0.25, 0.3) is 0 Å². The van der Waals surface area contributed by atoms with Gasteiger partial charge in [-0.1, -0.05) is 70.3 Å². The fourth-order valence-electron chi connectivity index (χ4n) is 9.08. The molecule has 4 fully saturated rings. The molecule has 5 unspecified atom stereocenters. The zero-order valence-corrected chi connectivity index (χ0v) is 62.2. The van der Waals surface area contributed by atoms with Gasteiger partial charge in [-0.25, -0.2) is 45.1 Å². The van der Waals surface area contributed by atoms with Crippen LogP contribution in [-0.4, -0.2) is 168 Å². The summed E-state index contributed by atoms with van der Waals surface area (Å²) in [6.07, 6.45) is -6.93. The van der Waals surface area contributed by atoms with Crippen molar-refractivity contribution in [2.75, 3.05) is 52.1 Å². The molecular weight excluding hydrogens is 1620 g/mol. The molecule has 0 bridgehead atoms. The number of imide groups is 2. The number of phosphoric acid groups is 2. The summed E-state index contributed by atoms with van der Waals surface area (Å²) in [4.78, 5) is 119. The van der Waals surface area contributed by atoms with Crippen LogP contribution >= 0.6 is 15.6 Å². The molecule has 1 N–H and O–H groups in total. The van der Waals surface area contributed by atoms with Gasteiger partial charge in [0.15, 0.2) is 19.7 Å². The number of ether oxygens (including phenoxy) is 6.